The summed E-state index contributed by atoms with van der Waals surface area (Å²) in [4.78, 5) is 17.9. The highest BCUT2D eigenvalue weighted by Crippen LogP contribution is 2.39. The Morgan fingerprint density at radius 2 is 1.75 bits per heavy atom. The molecule has 0 radical (unpaired) electrons. The normalized spacial score (nSPS) is 23.1. The van der Waals surface area contributed by atoms with Crippen molar-refractivity contribution in [3.8, 4) is 5.75 Å². The summed E-state index contributed by atoms with van der Waals surface area (Å²) < 4.78 is 6.10. The molecule has 0 aromatic heterocycles. The lowest BCUT2D eigenvalue weighted by Crippen LogP contribution is -2.41. The molecule has 2 heterocycles. The maximum absolute atomic E-state index is 13.4. The van der Waals surface area contributed by atoms with Crippen molar-refractivity contribution in [3.63, 3.8) is 0 Å². The number of anilines is 1. The van der Waals surface area contributed by atoms with Crippen molar-refractivity contribution >= 4 is 17.4 Å². The van der Waals surface area contributed by atoms with Crippen molar-refractivity contribution in [2.45, 2.75) is 64.1 Å². The Balaban J connectivity index is 1.43. The first-order valence-corrected chi connectivity index (χ1v) is 11.7. The van der Waals surface area contributed by atoms with Gasteiger partial charge in [0.05, 0.1) is 5.69 Å². The highest BCUT2D eigenvalue weighted by Gasteiger charge is 2.35. The van der Waals surface area contributed by atoms with Crippen LogP contribution in [0.5, 0.6) is 5.75 Å². The van der Waals surface area contributed by atoms with E-state index in [2.05, 4.69) is 18.7 Å². The van der Waals surface area contributed by atoms with Gasteiger partial charge >= 0.3 is 0 Å². The lowest BCUT2D eigenvalue weighted by molar-refractivity contribution is -0.126. The van der Waals surface area contributed by atoms with Crippen molar-refractivity contribution in [1.29, 1.82) is 5.41 Å². The topological polar surface area (TPSA) is 82.7 Å². The summed E-state index contributed by atoms with van der Waals surface area (Å²) in [5.74, 6) is 0.630. The van der Waals surface area contributed by atoms with Crippen LogP contribution in [0.25, 0.3) is 0 Å². The number of fused-ring (bicyclic) bond motifs is 1. The monoisotopic (exact) mass is 434 g/mol. The largest absolute Gasteiger partial charge is 0.474 e. The smallest absolute Gasteiger partial charge is 0.272 e. The zero-order valence-corrected chi connectivity index (χ0v) is 19.1. The fourth-order valence-electron chi connectivity index (χ4n) is 4.96. The number of likely N-dealkylation sites (tertiary alicyclic amines) is 1. The summed E-state index contributed by atoms with van der Waals surface area (Å²) in [5, 5.41) is 7.71. The number of benzene rings is 2. The van der Waals surface area contributed by atoms with Gasteiger partial charge in [-0.05, 0) is 64.3 Å². The number of para-hydroxylation sites is 2. The average Bonchev–Trinajstić information content (AvgIpc) is 3.12. The summed E-state index contributed by atoms with van der Waals surface area (Å²) in [6.45, 7) is 6.46. The number of nitrogens with zero attached hydrogens (tertiary/aromatic N) is 2. The molecule has 1 amide bonds. The molecule has 6 heteroatoms. The molecule has 2 aromatic carbocycles. The number of amidine groups is 1. The van der Waals surface area contributed by atoms with Gasteiger partial charge in [0, 0.05) is 29.8 Å². The zero-order valence-electron chi connectivity index (χ0n) is 19.1. The summed E-state index contributed by atoms with van der Waals surface area (Å²) in [6, 6.07) is 16.3. The number of nitrogens with two attached hydrogens (primary N) is 1. The van der Waals surface area contributed by atoms with Gasteiger partial charge in [-0.25, -0.2) is 0 Å². The van der Waals surface area contributed by atoms with E-state index in [0.29, 0.717) is 29.9 Å². The lowest BCUT2D eigenvalue weighted by atomic mass is 10.0. The molecule has 2 aromatic rings. The molecule has 0 aliphatic carbocycles. The van der Waals surface area contributed by atoms with Gasteiger partial charge in [0.15, 0.2) is 0 Å². The average molecular weight is 435 g/mol. The SMILES string of the molecule is C[C@@H]1CC[C@H](C)N1CCCCCN1C(=O)C(c2cccc(C(=N)N)c2)Oc2ccccc21. The summed E-state index contributed by atoms with van der Waals surface area (Å²) in [6.07, 6.45) is 5.07. The van der Waals surface area contributed by atoms with Crippen LogP contribution in [-0.2, 0) is 4.79 Å². The second-order valence-electron chi connectivity index (χ2n) is 9.07. The van der Waals surface area contributed by atoms with Crippen LogP contribution in [0.1, 0.15) is 63.2 Å². The minimum Gasteiger partial charge on any atom is -0.474 e. The predicted molar refractivity (Wildman–Crippen MR) is 128 cm³/mol. The van der Waals surface area contributed by atoms with Gasteiger partial charge in [0.2, 0.25) is 6.10 Å². The second-order valence-corrected chi connectivity index (χ2v) is 9.07. The Labute approximate surface area is 190 Å². The van der Waals surface area contributed by atoms with Crippen LogP contribution in [0.3, 0.4) is 0 Å². The van der Waals surface area contributed by atoms with Crippen LogP contribution in [0.15, 0.2) is 48.5 Å². The van der Waals surface area contributed by atoms with Gasteiger partial charge in [-0.15, -0.1) is 0 Å². The lowest BCUT2D eigenvalue weighted by Gasteiger charge is -2.34. The van der Waals surface area contributed by atoms with E-state index in [4.69, 9.17) is 15.9 Å². The van der Waals surface area contributed by atoms with Crippen molar-refractivity contribution < 1.29 is 9.53 Å². The number of unbranched alkanes of at least 4 members (excludes halogenated alkanes) is 2. The van der Waals surface area contributed by atoms with E-state index in [1.54, 1.807) is 12.1 Å². The van der Waals surface area contributed by atoms with Crippen LogP contribution in [0.4, 0.5) is 5.69 Å². The first-order chi connectivity index (χ1) is 15.5. The molecule has 4 rings (SSSR count). The number of nitrogen functional groups attached to an aromatic ring is 1. The molecular formula is C26H34N4O2. The third-order valence-corrected chi connectivity index (χ3v) is 6.82. The Kier molecular flexibility index (Phi) is 6.80. The van der Waals surface area contributed by atoms with E-state index in [-0.39, 0.29) is 11.7 Å². The van der Waals surface area contributed by atoms with E-state index >= 15 is 0 Å². The molecule has 0 spiro atoms. The Morgan fingerprint density at radius 3 is 2.50 bits per heavy atom. The van der Waals surface area contributed by atoms with E-state index in [0.717, 1.165) is 37.1 Å². The summed E-state index contributed by atoms with van der Waals surface area (Å²) >= 11 is 0. The maximum atomic E-state index is 13.4. The number of hydrogen-bond donors (Lipinski definition) is 2. The fraction of sp³-hybridized carbons (Fsp3) is 0.462. The van der Waals surface area contributed by atoms with E-state index in [9.17, 15) is 4.79 Å². The van der Waals surface area contributed by atoms with Gasteiger partial charge in [0.1, 0.15) is 11.6 Å². The van der Waals surface area contributed by atoms with Crippen molar-refractivity contribution in [1.82, 2.24) is 4.90 Å². The van der Waals surface area contributed by atoms with Crippen molar-refractivity contribution in [3.05, 3.63) is 59.7 Å². The van der Waals surface area contributed by atoms with Crippen molar-refractivity contribution in [2.24, 2.45) is 5.73 Å². The maximum Gasteiger partial charge on any atom is 0.272 e. The van der Waals surface area contributed by atoms with E-state index < -0.39 is 6.10 Å². The van der Waals surface area contributed by atoms with Gasteiger partial charge < -0.3 is 15.4 Å². The van der Waals surface area contributed by atoms with Crippen LogP contribution < -0.4 is 15.4 Å². The molecule has 2 aliphatic heterocycles. The van der Waals surface area contributed by atoms with Crippen LogP contribution in [-0.4, -0.2) is 41.8 Å². The predicted octanol–water partition coefficient (Wildman–Crippen LogP) is 4.48. The molecule has 32 heavy (non-hydrogen) atoms. The number of nitrogens with one attached hydrogen (secondary N) is 1. The summed E-state index contributed by atoms with van der Waals surface area (Å²) in [5.41, 5.74) is 7.80. The fourth-order valence-corrected chi connectivity index (χ4v) is 4.96. The molecule has 1 unspecified atom stereocenters. The van der Waals surface area contributed by atoms with Crippen LogP contribution >= 0.6 is 0 Å². The van der Waals surface area contributed by atoms with Crippen LogP contribution in [0, 0.1) is 5.41 Å². The number of carbonyl (C=O) groups excluding carboxylic acids is 1. The first kappa shape index (κ1) is 22.3. The Hall–Kier alpha value is -2.86. The Morgan fingerprint density at radius 1 is 1.03 bits per heavy atom. The van der Waals surface area contributed by atoms with Gasteiger partial charge in [-0.3, -0.25) is 15.1 Å². The van der Waals surface area contributed by atoms with E-state index in [1.807, 2.05) is 41.3 Å². The van der Waals surface area contributed by atoms with Gasteiger partial charge in [-0.1, -0.05) is 36.8 Å². The number of carbonyl (C=O) groups is 1. The summed E-state index contributed by atoms with van der Waals surface area (Å²) in [7, 11) is 0. The first-order valence-electron chi connectivity index (χ1n) is 11.7. The molecule has 2 aliphatic rings. The number of amides is 1. The molecule has 0 bridgehead atoms. The number of ether oxygens (including phenoxy) is 1. The van der Waals surface area contributed by atoms with Gasteiger partial charge in [-0.2, -0.15) is 0 Å². The number of rotatable bonds is 8. The standard InChI is InChI=1S/C26H34N4O2/c1-18-13-14-19(2)29(18)15-6-3-7-16-30-22-11-4-5-12-23(22)32-24(26(30)31)20-9-8-10-21(17-20)25(27)28/h4-5,8-12,17-19,24H,3,6-7,13-16H2,1-2H3,(H3,27,28)/t18-,19+,24?. The van der Waals surface area contributed by atoms with Crippen LogP contribution in [0.2, 0.25) is 0 Å². The minimum absolute atomic E-state index is 0.0194. The number of hydrogen-bond acceptors (Lipinski definition) is 4. The highest BCUT2D eigenvalue weighted by molar-refractivity contribution is 6.01. The van der Waals surface area contributed by atoms with Gasteiger partial charge in [0.25, 0.3) is 5.91 Å². The van der Waals surface area contributed by atoms with E-state index in [1.165, 1.54) is 12.8 Å². The molecule has 3 N–H and O–H groups in total. The Bertz CT molecular complexity index is 966. The third kappa shape index (κ3) is 4.65. The zero-order chi connectivity index (χ0) is 22.7. The molecular weight excluding hydrogens is 400 g/mol. The molecule has 3 atom stereocenters. The molecule has 170 valence electrons. The van der Waals surface area contributed by atoms with Crippen molar-refractivity contribution in [2.75, 3.05) is 18.0 Å². The molecule has 6 nitrogen and oxygen atoms in total. The second kappa shape index (κ2) is 9.74. The molecule has 1 fully saturated rings. The highest BCUT2D eigenvalue weighted by atomic mass is 16.5. The minimum atomic E-state index is -0.726. The molecule has 0 saturated carbocycles. The quantitative estimate of drug-likeness (QED) is 0.365. The third-order valence-electron chi connectivity index (χ3n) is 6.82. The molecule has 1 saturated heterocycles.